The zero-order valence-corrected chi connectivity index (χ0v) is 19.2. The molecule has 2 radical (unpaired) electrons. The first-order valence-electron chi connectivity index (χ1n) is 7.20. The van der Waals surface area contributed by atoms with Crippen molar-refractivity contribution in [3.63, 3.8) is 0 Å². The molecule has 0 aliphatic heterocycles. The molecule has 0 aromatic rings. The van der Waals surface area contributed by atoms with Crippen LogP contribution in [0.2, 0.25) is 0 Å². The van der Waals surface area contributed by atoms with Crippen LogP contribution in [0.15, 0.2) is 0 Å². The summed E-state index contributed by atoms with van der Waals surface area (Å²) in [5.74, 6) is 0. The van der Waals surface area contributed by atoms with E-state index in [0.29, 0.717) is 0 Å². The summed E-state index contributed by atoms with van der Waals surface area (Å²) in [5.41, 5.74) is 0. The van der Waals surface area contributed by atoms with Crippen molar-refractivity contribution < 1.29 is 38.5 Å². The van der Waals surface area contributed by atoms with Crippen LogP contribution in [0, 0.1) is 0 Å². The van der Waals surface area contributed by atoms with Crippen LogP contribution >= 0.6 is 24.9 Å². The van der Waals surface area contributed by atoms with Crippen molar-refractivity contribution in [2.45, 2.75) is 64.7 Å². The molecule has 0 aromatic heterocycles. The van der Waals surface area contributed by atoms with Gasteiger partial charge in [-0.3, -0.25) is 0 Å². The van der Waals surface area contributed by atoms with Gasteiger partial charge in [0.1, 0.15) is 0 Å². The molecule has 2 N–H and O–H groups in total. The predicted molar refractivity (Wildman–Crippen MR) is 88.6 cm³/mol. The van der Waals surface area contributed by atoms with E-state index in [1.807, 2.05) is 0 Å². The molecule has 23 heavy (non-hydrogen) atoms. The standard InChI is InChI=1S/C11H25P.2H3O4P.Sb/c1-2-3-4-5-6-7-8-9-10-11-12;2*1-5(2,3)4;/h2-12H2,1H3;2*(H3,1,2,3,4);/q;;;+3/p-3. The summed E-state index contributed by atoms with van der Waals surface area (Å²) >= 11 is 0. The van der Waals surface area contributed by atoms with E-state index in [-0.39, 0.29) is 24.4 Å². The van der Waals surface area contributed by atoms with Gasteiger partial charge in [0.25, 0.3) is 0 Å². The topological polar surface area (TPSA) is 167 Å². The van der Waals surface area contributed by atoms with Gasteiger partial charge in [-0.05, 0) is 22.1 Å². The van der Waals surface area contributed by atoms with E-state index < -0.39 is 15.6 Å². The monoisotopic (exact) mass is 502 g/mol. The molecule has 12 heteroatoms. The van der Waals surface area contributed by atoms with Crippen LogP contribution in [0.3, 0.4) is 0 Å². The maximum Gasteiger partial charge on any atom is 3.00 e. The molecule has 0 amide bonds. The molecule has 0 bridgehead atoms. The van der Waals surface area contributed by atoms with Gasteiger partial charge >= 0.3 is 24.4 Å². The summed E-state index contributed by atoms with van der Waals surface area (Å²) in [7, 11) is -8.17. The second-order valence-corrected chi connectivity index (χ2v) is 7.20. The number of hydrogen-bond donors (Lipinski definition) is 2. The van der Waals surface area contributed by atoms with E-state index in [1.54, 1.807) is 0 Å². The van der Waals surface area contributed by atoms with Crippen LogP contribution in [0.1, 0.15) is 64.7 Å². The molecular weight excluding hydrogens is 475 g/mol. The molecular formula is C11H28O8P3Sb. The Labute approximate surface area is 158 Å². The van der Waals surface area contributed by atoms with E-state index in [9.17, 15) is 0 Å². The fourth-order valence-electron chi connectivity index (χ4n) is 1.49. The summed E-state index contributed by atoms with van der Waals surface area (Å²) in [5, 5.41) is 0. The fraction of sp³-hybridized carbons (Fsp3) is 1.00. The minimum atomic E-state index is -5.14. The normalized spacial score (nSPS) is 10.7. The molecule has 0 saturated carbocycles. The number of phosphoric acid groups is 2. The second-order valence-electron chi connectivity index (χ2n) is 4.62. The third kappa shape index (κ3) is 98.7. The van der Waals surface area contributed by atoms with Crippen LogP contribution in [0.4, 0.5) is 0 Å². The number of unbranched alkanes of at least 4 members (excludes halogenated alkanes) is 8. The van der Waals surface area contributed by atoms with Gasteiger partial charge in [-0.1, -0.05) is 51.9 Å². The van der Waals surface area contributed by atoms with Crippen molar-refractivity contribution in [3.8, 4) is 0 Å². The van der Waals surface area contributed by atoms with Crippen LogP contribution in [-0.2, 0) is 9.13 Å². The molecule has 0 rings (SSSR count). The molecule has 1 unspecified atom stereocenters. The van der Waals surface area contributed by atoms with Gasteiger partial charge in [0, 0.05) is 0 Å². The van der Waals surface area contributed by atoms with Crippen molar-refractivity contribution in [2.75, 3.05) is 6.16 Å². The molecule has 0 aliphatic rings. The second kappa shape index (κ2) is 21.5. The van der Waals surface area contributed by atoms with Crippen molar-refractivity contribution in [1.29, 1.82) is 0 Å². The minimum absolute atomic E-state index is 0. The molecule has 0 saturated heterocycles. The first-order valence-corrected chi connectivity index (χ1v) is 11.2. The van der Waals surface area contributed by atoms with Gasteiger partial charge in [0.2, 0.25) is 0 Å². The molecule has 1 atom stereocenters. The molecule has 0 aromatic carbocycles. The molecule has 140 valence electrons. The van der Waals surface area contributed by atoms with E-state index in [0.717, 1.165) is 0 Å². The molecule has 0 heterocycles. The predicted octanol–water partition coefficient (Wildman–Crippen LogP) is -0.641. The van der Waals surface area contributed by atoms with Crippen molar-refractivity contribution in [1.82, 2.24) is 0 Å². The van der Waals surface area contributed by atoms with E-state index in [1.165, 1.54) is 63.9 Å². The van der Waals surface area contributed by atoms with Crippen molar-refractivity contribution >= 4 is 49.3 Å². The zero-order valence-electron chi connectivity index (χ0n) is 13.5. The van der Waals surface area contributed by atoms with E-state index >= 15 is 0 Å². The summed E-state index contributed by atoms with van der Waals surface area (Å²) in [6, 6.07) is 0. The van der Waals surface area contributed by atoms with Gasteiger partial charge in [-0.15, -0.1) is 0 Å². The van der Waals surface area contributed by atoms with Crippen LogP contribution in [0.5, 0.6) is 0 Å². The molecule has 0 fully saturated rings. The third-order valence-corrected chi connectivity index (χ3v) is 2.85. The van der Waals surface area contributed by atoms with Gasteiger partial charge < -0.3 is 38.5 Å². The Balaban J connectivity index is -0.000000137. The van der Waals surface area contributed by atoms with Crippen LogP contribution < -0.4 is 19.6 Å². The Bertz CT molecular complexity index is 261. The number of rotatable bonds is 9. The Morgan fingerprint density at radius 3 is 1.17 bits per heavy atom. The summed E-state index contributed by atoms with van der Waals surface area (Å²) < 4.78 is 17.3. The van der Waals surface area contributed by atoms with Gasteiger partial charge in [-0.25, -0.2) is 0 Å². The van der Waals surface area contributed by atoms with E-state index in [4.69, 9.17) is 38.5 Å². The molecule has 0 spiro atoms. The molecule has 8 nitrogen and oxygen atoms in total. The van der Waals surface area contributed by atoms with Crippen LogP contribution in [0.25, 0.3) is 0 Å². The van der Waals surface area contributed by atoms with Crippen LogP contribution in [-0.4, -0.2) is 40.4 Å². The Kier molecular flexibility index (Phi) is 30.1. The third-order valence-electron chi connectivity index (χ3n) is 2.35. The van der Waals surface area contributed by atoms with Gasteiger partial charge in [-0.2, -0.15) is 0 Å². The minimum Gasteiger partial charge on any atom is -0.790 e. The fourth-order valence-corrected chi connectivity index (χ4v) is 1.84. The number of hydrogen-bond acceptors (Lipinski definition) is 6. The largest absolute Gasteiger partial charge is 3.00 e. The smallest absolute Gasteiger partial charge is 0.790 e. The average Bonchev–Trinajstić information content (AvgIpc) is 2.28. The Morgan fingerprint density at radius 2 is 0.957 bits per heavy atom. The summed E-state index contributed by atoms with van der Waals surface area (Å²) in [6.45, 7) is 2.28. The maximum atomic E-state index is 8.66. The zero-order chi connectivity index (χ0) is 18.1. The Hall–Kier alpha value is 1.47. The Morgan fingerprint density at radius 1 is 0.739 bits per heavy atom. The van der Waals surface area contributed by atoms with Crippen molar-refractivity contribution in [3.05, 3.63) is 0 Å². The first-order chi connectivity index (χ1) is 9.91. The van der Waals surface area contributed by atoms with E-state index in [2.05, 4.69) is 16.2 Å². The molecule has 0 aliphatic carbocycles. The maximum absolute atomic E-state index is 8.66. The summed E-state index contributed by atoms with van der Waals surface area (Å²) in [4.78, 5) is 48.6. The average molecular weight is 503 g/mol. The quantitative estimate of drug-likeness (QED) is 0.238. The van der Waals surface area contributed by atoms with Gasteiger partial charge in [0.15, 0.2) is 0 Å². The van der Waals surface area contributed by atoms with Gasteiger partial charge in [0.05, 0.1) is 21.8 Å². The van der Waals surface area contributed by atoms with Crippen molar-refractivity contribution in [2.24, 2.45) is 0 Å². The SMILES string of the molecule is CCCCCCCCCCC[PH3+].O=P([O-])([O-])O.O=P([O-])([O-])O.[Sb+3]. The summed E-state index contributed by atoms with van der Waals surface area (Å²) in [6.07, 6.45) is 14.5. The first kappa shape index (κ1) is 32.2.